The van der Waals surface area contributed by atoms with E-state index in [2.05, 4.69) is 15.5 Å². The first-order valence-electron chi connectivity index (χ1n) is 6.83. The second-order valence-corrected chi connectivity index (χ2v) is 6.17. The van der Waals surface area contributed by atoms with Crippen molar-refractivity contribution in [3.63, 3.8) is 0 Å². The van der Waals surface area contributed by atoms with Crippen LogP contribution in [0.4, 0.5) is 0 Å². The highest BCUT2D eigenvalue weighted by atomic mass is 35.5. The number of aryl methyl sites for hydroxylation is 1. The maximum atomic E-state index is 12.2. The van der Waals surface area contributed by atoms with Crippen LogP contribution in [0.5, 0.6) is 0 Å². The first-order valence-corrected chi connectivity index (χ1v) is 8.02. The fraction of sp³-hybridized carbons (Fsp3) is 0.0625. The molecule has 5 nitrogen and oxygen atoms in total. The zero-order valence-electron chi connectivity index (χ0n) is 12.2. The lowest BCUT2D eigenvalue weighted by atomic mass is 10.2. The molecule has 0 bridgehead atoms. The van der Waals surface area contributed by atoms with Gasteiger partial charge in [0.05, 0.1) is 11.9 Å². The summed E-state index contributed by atoms with van der Waals surface area (Å²) >= 11 is 7.14. The number of carbonyl (C=O) groups excluding carboxylic acids is 1. The molecule has 7 heteroatoms. The van der Waals surface area contributed by atoms with Crippen LogP contribution >= 0.6 is 22.9 Å². The molecule has 23 heavy (non-hydrogen) atoms. The minimum absolute atomic E-state index is 0.274. The largest absolute Gasteiger partial charge is 0.300 e. The molecule has 1 N–H and O–H groups in total. The summed E-state index contributed by atoms with van der Waals surface area (Å²) < 4.78 is 1.87. The minimum Gasteiger partial charge on any atom is -0.300 e. The van der Waals surface area contributed by atoms with Gasteiger partial charge in [-0.2, -0.15) is 5.10 Å². The smallest absolute Gasteiger partial charge is 0.283 e. The Balaban J connectivity index is 1.70. The fourth-order valence-electron chi connectivity index (χ4n) is 1.93. The summed E-state index contributed by atoms with van der Waals surface area (Å²) in [4.78, 5) is 17.2. The van der Waals surface area contributed by atoms with Crippen molar-refractivity contribution in [1.82, 2.24) is 15.0 Å². The Bertz CT molecular complexity index is 838. The average molecular weight is 345 g/mol. The molecule has 0 fully saturated rings. The molecular weight excluding hydrogens is 332 g/mol. The predicted molar refractivity (Wildman–Crippen MR) is 92.7 cm³/mol. The molecular formula is C16H13ClN4OS. The number of nitrogens with one attached hydrogen (secondary N) is 1. The summed E-state index contributed by atoms with van der Waals surface area (Å²) in [6, 6.07) is 11.0. The van der Waals surface area contributed by atoms with Gasteiger partial charge in [0.25, 0.3) is 5.91 Å². The van der Waals surface area contributed by atoms with E-state index in [1.807, 2.05) is 41.2 Å². The molecule has 0 spiro atoms. The number of carbonyl (C=O) groups is 1. The number of hydrogen-bond donors (Lipinski definition) is 1. The quantitative estimate of drug-likeness (QED) is 0.580. The Morgan fingerprint density at radius 3 is 2.70 bits per heavy atom. The highest BCUT2D eigenvalue weighted by Crippen LogP contribution is 2.21. The van der Waals surface area contributed by atoms with Gasteiger partial charge in [-0.25, -0.2) is 10.4 Å². The van der Waals surface area contributed by atoms with Gasteiger partial charge in [-0.1, -0.05) is 35.1 Å². The molecule has 0 aliphatic carbocycles. The van der Waals surface area contributed by atoms with Gasteiger partial charge in [-0.05, 0) is 36.8 Å². The Labute approximate surface area is 142 Å². The van der Waals surface area contributed by atoms with Gasteiger partial charge < -0.3 is 4.57 Å². The van der Waals surface area contributed by atoms with Crippen molar-refractivity contribution in [3.8, 4) is 5.13 Å². The van der Waals surface area contributed by atoms with Crippen LogP contribution in [0.15, 0.2) is 53.9 Å². The van der Waals surface area contributed by atoms with E-state index >= 15 is 0 Å². The molecule has 0 aliphatic rings. The lowest BCUT2D eigenvalue weighted by Crippen LogP contribution is -2.17. The Morgan fingerprint density at radius 2 is 2.00 bits per heavy atom. The molecule has 2 heterocycles. The lowest BCUT2D eigenvalue weighted by molar-refractivity contribution is 0.0958. The van der Waals surface area contributed by atoms with Crippen molar-refractivity contribution < 1.29 is 4.79 Å². The molecule has 116 valence electrons. The SMILES string of the molecule is Cc1nc(-n2cccc2)sc1C(=O)NN=Cc1ccc(Cl)cc1. The molecule has 0 radical (unpaired) electrons. The van der Waals surface area contributed by atoms with Crippen molar-refractivity contribution >= 4 is 35.1 Å². The number of halogens is 1. The molecule has 0 aliphatic heterocycles. The van der Waals surface area contributed by atoms with E-state index in [1.54, 1.807) is 25.3 Å². The topological polar surface area (TPSA) is 59.3 Å². The first kappa shape index (κ1) is 15.5. The Hall–Kier alpha value is -2.44. The van der Waals surface area contributed by atoms with Gasteiger partial charge in [-0.15, -0.1) is 0 Å². The summed E-state index contributed by atoms with van der Waals surface area (Å²) in [7, 11) is 0. The van der Waals surface area contributed by atoms with Crippen molar-refractivity contribution in [3.05, 3.63) is 69.9 Å². The molecule has 0 saturated heterocycles. The van der Waals surface area contributed by atoms with Crippen molar-refractivity contribution in [2.24, 2.45) is 5.10 Å². The zero-order chi connectivity index (χ0) is 16.2. The molecule has 2 aromatic heterocycles. The van der Waals surface area contributed by atoms with Crippen LogP contribution < -0.4 is 5.43 Å². The molecule has 0 unspecified atom stereocenters. The molecule has 3 aromatic rings. The van der Waals surface area contributed by atoms with E-state index in [-0.39, 0.29) is 5.91 Å². The van der Waals surface area contributed by atoms with Crippen molar-refractivity contribution in [2.75, 3.05) is 0 Å². The molecule has 1 aromatic carbocycles. The van der Waals surface area contributed by atoms with E-state index in [0.717, 1.165) is 10.7 Å². The van der Waals surface area contributed by atoms with E-state index in [1.165, 1.54) is 11.3 Å². The van der Waals surface area contributed by atoms with Crippen LogP contribution in [0.3, 0.4) is 0 Å². The van der Waals surface area contributed by atoms with Crippen LogP contribution in [-0.2, 0) is 0 Å². The summed E-state index contributed by atoms with van der Waals surface area (Å²) in [5, 5.41) is 5.37. The van der Waals surface area contributed by atoms with Gasteiger partial charge in [0.2, 0.25) is 0 Å². The highest BCUT2D eigenvalue weighted by molar-refractivity contribution is 7.16. The number of rotatable bonds is 4. The van der Waals surface area contributed by atoms with Crippen LogP contribution in [0.2, 0.25) is 5.02 Å². The summed E-state index contributed by atoms with van der Waals surface area (Å²) in [5.41, 5.74) is 4.05. The number of hydrazone groups is 1. The number of nitrogens with zero attached hydrogens (tertiary/aromatic N) is 3. The van der Waals surface area contributed by atoms with E-state index < -0.39 is 0 Å². The number of amides is 1. The average Bonchev–Trinajstić information content (AvgIpc) is 3.18. The maximum Gasteiger partial charge on any atom is 0.283 e. The Kier molecular flexibility index (Phi) is 4.55. The van der Waals surface area contributed by atoms with Crippen molar-refractivity contribution in [1.29, 1.82) is 0 Å². The third kappa shape index (κ3) is 3.67. The maximum absolute atomic E-state index is 12.2. The standard InChI is InChI=1S/C16H13ClN4OS/c1-11-14(23-16(19-11)21-8-2-3-9-21)15(22)20-18-10-12-4-6-13(17)7-5-12/h2-10H,1H3,(H,20,22). The van der Waals surface area contributed by atoms with E-state index in [4.69, 9.17) is 11.6 Å². The molecule has 3 rings (SSSR count). The van der Waals surface area contributed by atoms with Crippen LogP contribution in [0, 0.1) is 6.92 Å². The zero-order valence-corrected chi connectivity index (χ0v) is 13.8. The first-order chi connectivity index (χ1) is 11.1. The van der Waals surface area contributed by atoms with E-state index in [9.17, 15) is 4.79 Å². The third-order valence-corrected chi connectivity index (χ3v) is 4.49. The number of thiazole rings is 1. The number of aromatic nitrogens is 2. The number of benzene rings is 1. The van der Waals surface area contributed by atoms with E-state index in [0.29, 0.717) is 15.6 Å². The van der Waals surface area contributed by atoms with Crippen LogP contribution in [-0.4, -0.2) is 21.7 Å². The monoisotopic (exact) mass is 344 g/mol. The second-order valence-electron chi connectivity index (χ2n) is 4.75. The number of hydrogen-bond acceptors (Lipinski definition) is 4. The predicted octanol–water partition coefficient (Wildman–Crippen LogP) is 3.66. The van der Waals surface area contributed by atoms with Crippen LogP contribution in [0.25, 0.3) is 5.13 Å². The fourth-order valence-corrected chi connectivity index (χ4v) is 2.98. The molecule has 0 saturated carbocycles. The molecule has 0 atom stereocenters. The highest BCUT2D eigenvalue weighted by Gasteiger charge is 2.15. The second kappa shape index (κ2) is 6.76. The van der Waals surface area contributed by atoms with Gasteiger partial charge in [0, 0.05) is 17.4 Å². The van der Waals surface area contributed by atoms with Gasteiger partial charge >= 0.3 is 0 Å². The normalized spacial score (nSPS) is 11.0. The summed E-state index contributed by atoms with van der Waals surface area (Å²) in [6.45, 7) is 1.81. The Morgan fingerprint density at radius 1 is 1.30 bits per heavy atom. The van der Waals surface area contributed by atoms with Crippen molar-refractivity contribution in [2.45, 2.75) is 6.92 Å². The van der Waals surface area contributed by atoms with Gasteiger partial charge in [0.1, 0.15) is 4.88 Å². The van der Waals surface area contributed by atoms with Crippen LogP contribution in [0.1, 0.15) is 20.9 Å². The third-order valence-electron chi connectivity index (χ3n) is 3.07. The minimum atomic E-state index is -0.274. The lowest BCUT2D eigenvalue weighted by Gasteiger charge is -1.97. The van der Waals surface area contributed by atoms with Gasteiger partial charge in [-0.3, -0.25) is 4.79 Å². The summed E-state index contributed by atoms with van der Waals surface area (Å²) in [6.07, 6.45) is 5.34. The molecule has 1 amide bonds. The van der Waals surface area contributed by atoms with Gasteiger partial charge in [0.15, 0.2) is 5.13 Å². The summed E-state index contributed by atoms with van der Waals surface area (Å²) in [5.74, 6) is -0.274.